The lowest BCUT2D eigenvalue weighted by atomic mass is 10.1. The van der Waals surface area contributed by atoms with Gasteiger partial charge in [0.05, 0.1) is 19.5 Å². The van der Waals surface area contributed by atoms with Gasteiger partial charge in [-0.15, -0.1) is 11.8 Å². The molecule has 2 aromatic carbocycles. The maximum absolute atomic E-state index is 12.9. The van der Waals surface area contributed by atoms with Gasteiger partial charge in [0.25, 0.3) is 0 Å². The Bertz CT molecular complexity index is 721. The van der Waals surface area contributed by atoms with E-state index in [1.165, 1.54) is 23.9 Å². The second-order valence-corrected chi connectivity index (χ2v) is 7.21. The summed E-state index contributed by atoms with van der Waals surface area (Å²) in [7, 11) is 3.18. The summed E-state index contributed by atoms with van der Waals surface area (Å²) >= 11 is 1.47. The molecular formula is C20H24FNO3S. The molecule has 2 rings (SSSR count). The predicted octanol–water partition coefficient (Wildman–Crippen LogP) is 4.07. The molecule has 0 aromatic heterocycles. The number of aryl methyl sites for hydroxylation is 1. The van der Waals surface area contributed by atoms with Crippen molar-refractivity contribution in [1.29, 1.82) is 0 Å². The van der Waals surface area contributed by atoms with E-state index in [1.807, 2.05) is 25.1 Å². The highest BCUT2D eigenvalue weighted by molar-refractivity contribution is 8.00. The largest absolute Gasteiger partial charge is 0.493 e. The van der Waals surface area contributed by atoms with Gasteiger partial charge < -0.3 is 14.8 Å². The average Bonchev–Trinajstić information content (AvgIpc) is 2.66. The van der Waals surface area contributed by atoms with E-state index in [1.54, 1.807) is 26.4 Å². The summed E-state index contributed by atoms with van der Waals surface area (Å²) in [5.74, 6) is 1.06. The van der Waals surface area contributed by atoms with Crippen LogP contribution in [-0.2, 0) is 11.2 Å². The van der Waals surface area contributed by atoms with Gasteiger partial charge in [-0.2, -0.15) is 0 Å². The number of amides is 1. The first-order chi connectivity index (χ1) is 12.5. The third kappa shape index (κ3) is 5.95. The molecule has 1 N–H and O–H groups in total. The third-order valence-electron chi connectivity index (χ3n) is 3.89. The lowest BCUT2D eigenvalue weighted by molar-refractivity contribution is -0.120. The Morgan fingerprint density at radius 2 is 1.81 bits per heavy atom. The van der Waals surface area contributed by atoms with Crippen molar-refractivity contribution in [1.82, 2.24) is 5.32 Å². The molecule has 4 nitrogen and oxygen atoms in total. The molecule has 26 heavy (non-hydrogen) atoms. The Kier molecular flexibility index (Phi) is 7.78. The smallest absolute Gasteiger partial charge is 0.233 e. The van der Waals surface area contributed by atoms with Gasteiger partial charge in [-0.3, -0.25) is 4.79 Å². The topological polar surface area (TPSA) is 47.6 Å². The molecule has 0 spiro atoms. The molecule has 0 fully saturated rings. The van der Waals surface area contributed by atoms with Gasteiger partial charge in [0.2, 0.25) is 5.91 Å². The van der Waals surface area contributed by atoms with Crippen LogP contribution in [0.25, 0.3) is 0 Å². The number of carbonyl (C=O) groups is 1. The van der Waals surface area contributed by atoms with E-state index in [9.17, 15) is 9.18 Å². The van der Waals surface area contributed by atoms with Crippen LogP contribution in [-0.4, -0.2) is 31.9 Å². The molecule has 1 unspecified atom stereocenters. The summed E-state index contributed by atoms with van der Waals surface area (Å²) in [6.45, 7) is 2.46. The highest BCUT2D eigenvalue weighted by atomic mass is 32.2. The van der Waals surface area contributed by atoms with Crippen molar-refractivity contribution in [3.8, 4) is 11.5 Å². The van der Waals surface area contributed by atoms with Gasteiger partial charge in [-0.1, -0.05) is 12.1 Å². The number of carbonyl (C=O) groups excluding carboxylic acids is 1. The number of hydrogen-bond donors (Lipinski definition) is 1. The Balaban J connectivity index is 1.77. The number of rotatable bonds is 9. The van der Waals surface area contributed by atoms with Crippen LogP contribution in [0.1, 0.15) is 18.9 Å². The van der Waals surface area contributed by atoms with Gasteiger partial charge in [0, 0.05) is 11.4 Å². The Hall–Kier alpha value is -2.21. The van der Waals surface area contributed by atoms with Crippen LogP contribution < -0.4 is 14.8 Å². The fourth-order valence-corrected chi connectivity index (χ4v) is 3.37. The van der Waals surface area contributed by atoms with E-state index in [2.05, 4.69) is 5.32 Å². The fraction of sp³-hybridized carbons (Fsp3) is 0.350. The number of thioether (sulfide) groups is 1. The zero-order valence-electron chi connectivity index (χ0n) is 15.3. The van der Waals surface area contributed by atoms with Crippen LogP contribution in [0.4, 0.5) is 4.39 Å². The molecule has 0 bridgehead atoms. The number of methoxy groups -OCH3 is 2. The summed E-state index contributed by atoms with van der Waals surface area (Å²) < 4.78 is 23.4. The van der Waals surface area contributed by atoms with Crippen molar-refractivity contribution in [3.05, 3.63) is 53.8 Å². The molecule has 0 aliphatic carbocycles. The van der Waals surface area contributed by atoms with Gasteiger partial charge in [-0.25, -0.2) is 4.39 Å². The third-order valence-corrected chi connectivity index (χ3v) is 4.99. The van der Waals surface area contributed by atoms with Gasteiger partial charge in [0.1, 0.15) is 5.82 Å². The van der Waals surface area contributed by atoms with Crippen molar-refractivity contribution in [3.63, 3.8) is 0 Å². The predicted molar refractivity (Wildman–Crippen MR) is 103 cm³/mol. The standard InChI is InChI=1S/C20H24FNO3S/c1-14(26-17-10-11-18(24-2)19(13-17)25-3)20(23)22-12-4-5-15-6-8-16(21)9-7-15/h6-11,13-14H,4-5,12H2,1-3H3,(H,22,23). The van der Waals surface area contributed by atoms with Crippen molar-refractivity contribution >= 4 is 17.7 Å². The molecule has 6 heteroatoms. The molecule has 0 radical (unpaired) electrons. The number of hydrogen-bond acceptors (Lipinski definition) is 4. The van der Waals surface area contributed by atoms with Gasteiger partial charge in [-0.05, 0) is 55.7 Å². The minimum atomic E-state index is -0.233. The zero-order valence-corrected chi connectivity index (χ0v) is 16.1. The minimum absolute atomic E-state index is 0.0103. The highest BCUT2D eigenvalue weighted by Crippen LogP contribution is 2.33. The Morgan fingerprint density at radius 3 is 2.46 bits per heavy atom. The van der Waals surface area contributed by atoms with Crippen LogP contribution in [0.5, 0.6) is 11.5 Å². The first-order valence-corrected chi connectivity index (χ1v) is 9.32. The molecule has 1 amide bonds. The van der Waals surface area contributed by atoms with Crippen LogP contribution >= 0.6 is 11.8 Å². The van der Waals surface area contributed by atoms with Crippen LogP contribution in [0, 0.1) is 5.82 Å². The normalized spacial score (nSPS) is 11.7. The molecular weight excluding hydrogens is 353 g/mol. The molecule has 2 aromatic rings. The number of nitrogens with one attached hydrogen (secondary N) is 1. The summed E-state index contributed by atoms with van der Waals surface area (Å²) in [5, 5.41) is 2.72. The van der Waals surface area contributed by atoms with Crippen molar-refractivity contribution in [2.75, 3.05) is 20.8 Å². The molecule has 1 atom stereocenters. The molecule has 0 saturated heterocycles. The summed E-state index contributed by atoms with van der Waals surface area (Å²) in [6.07, 6.45) is 1.61. The Labute approximate surface area is 158 Å². The molecule has 0 saturated carbocycles. The zero-order chi connectivity index (χ0) is 18.9. The van der Waals surface area contributed by atoms with E-state index >= 15 is 0 Å². The van der Waals surface area contributed by atoms with Crippen LogP contribution in [0.15, 0.2) is 47.4 Å². The van der Waals surface area contributed by atoms with E-state index < -0.39 is 0 Å². The summed E-state index contributed by atoms with van der Waals surface area (Å²) in [6, 6.07) is 12.0. The van der Waals surface area contributed by atoms with Gasteiger partial charge >= 0.3 is 0 Å². The molecule has 140 valence electrons. The summed E-state index contributed by atoms with van der Waals surface area (Å²) in [5.41, 5.74) is 1.06. The monoisotopic (exact) mass is 377 g/mol. The van der Waals surface area contributed by atoms with Crippen LogP contribution in [0.2, 0.25) is 0 Å². The number of ether oxygens (including phenoxy) is 2. The SMILES string of the molecule is COc1ccc(SC(C)C(=O)NCCCc2ccc(F)cc2)cc1OC. The van der Waals surface area contributed by atoms with Crippen LogP contribution in [0.3, 0.4) is 0 Å². The van der Waals surface area contributed by atoms with Crippen molar-refractivity contribution in [2.45, 2.75) is 29.9 Å². The number of halogens is 1. The maximum atomic E-state index is 12.9. The molecule has 0 aliphatic rings. The van der Waals surface area contributed by atoms with Crippen molar-refractivity contribution < 1.29 is 18.7 Å². The second-order valence-electron chi connectivity index (χ2n) is 5.80. The maximum Gasteiger partial charge on any atom is 0.233 e. The minimum Gasteiger partial charge on any atom is -0.493 e. The van der Waals surface area contributed by atoms with E-state index in [0.29, 0.717) is 18.0 Å². The number of benzene rings is 2. The van der Waals surface area contributed by atoms with E-state index in [0.717, 1.165) is 23.3 Å². The Morgan fingerprint density at radius 1 is 1.12 bits per heavy atom. The highest BCUT2D eigenvalue weighted by Gasteiger charge is 2.15. The van der Waals surface area contributed by atoms with Crippen molar-refractivity contribution in [2.24, 2.45) is 0 Å². The first kappa shape index (κ1) is 20.1. The summed E-state index contributed by atoms with van der Waals surface area (Å²) in [4.78, 5) is 13.2. The lowest BCUT2D eigenvalue weighted by Crippen LogP contribution is -2.31. The fourth-order valence-electron chi connectivity index (χ4n) is 2.45. The lowest BCUT2D eigenvalue weighted by Gasteiger charge is -2.14. The molecule has 0 aliphatic heterocycles. The average molecular weight is 377 g/mol. The first-order valence-electron chi connectivity index (χ1n) is 8.44. The van der Waals surface area contributed by atoms with E-state index in [4.69, 9.17) is 9.47 Å². The molecule has 0 heterocycles. The second kappa shape index (κ2) is 10.1. The van der Waals surface area contributed by atoms with E-state index in [-0.39, 0.29) is 17.0 Å². The van der Waals surface area contributed by atoms with Gasteiger partial charge in [0.15, 0.2) is 11.5 Å². The quantitative estimate of drug-likeness (QED) is 0.529.